The van der Waals surface area contributed by atoms with E-state index in [9.17, 15) is 14.4 Å². The van der Waals surface area contributed by atoms with Gasteiger partial charge in [0.1, 0.15) is 11.3 Å². The Morgan fingerprint density at radius 2 is 2.16 bits per heavy atom. The number of amides is 3. The summed E-state index contributed by atoms with van der Waals surface area (Å²) in [7, 11) is 0. The van der Waals surface area contributed by atoms with Gasteiger partial charge in [-0.05, 0) is 36.0 Å². The third kappa shape index (κ3) is 4.43. The molecule has 3 N–H and O–H groups in total. The topological polar surface area (TPSA) is 102 Å². The van der Waals surface area contributed by atoms with Crippen LogP contribution < -0.4 is 15.8 Å². The molecule has 1 aliphatic rings. The molecule has 9 heteroatoms. The number of carbonyl (C=O) groups excluding carboxylic acids is 3. The van der Waals surface area contributed by atoms with E-state index in [0.717, 1.165) is 0 Å². The zero-order valence-corrected chi connectivity index (χ0v) is 14.5. The van der Waals surface area contributed by atoms with Crippen LogP contribution in [-0.4, -0.2) is 40.9 Å². The number of rotatable bonds is 6. The fourth-order valence-corrected chi connectivity index (χ4v) is 2.52. The number of thiocarbonyl (C=S) groups is 1. The molecule has 0 radical (unpaired) electrons. The first-order chi connectivity index (χ1) is 11.8. The van der Waals surface area contributed by atoms with E-state index in [2.05, 4.69) is 11.9 Å². The quantitative estimate of drug-likeness (QED) is 0.332. The second-order valence-electron chi connectivity index (χ2n) is 4.97. The summed E-state index contributed by atoms with van der Waals surface area (Å²) in [6.45, 7) is 3.42. The number of halogens is 1. The van der Waals surface area contributed by atoms with Crippen LogP contribution in [0.15, 0.2) is 36.4 Å². The Morgan fingerprint density at radius 3 is 2.76 bits per heavy atom. The number of nitrogens with zero attached hydrogens (tertiary/aromatic N) is 1. The van der Waals surface area contributed by atoms with Crippen molar-refractivity contribution >= 4 is 52.7 Å². The predicted octanol–water partition coefficient (Wildman–Crippen LogP) is 1.02. The number of hydrogen-bond acceptors (Lipinski definition) is 5. The Labute approximate surface area is 154 Å². The van der Waals surface area contributed by atoms with Crippen molar-refractivity contribution in [2.24, 2.45) is 5.73 Å². The third-order valence-corrected chi connectivity index (χ3v) is 3.75. The summed E-state index contributed by atoms with van der Waals surface area (Å²) in [5.74, 6) is -1.50. The summed E-state index contributed by atoms with van der Waals surface area (Å²) in [6, 6.07) is 4.59. The van der Waals surface area contributed by atoms with Crippen LogP contribution in [0.5, 0.6) is 5.75 Å². The molecule has 2 rings (SSSR count). The molecule has 7 nitrogen and oxygen atoms in total. The maximum atomic E-state index is 12.4. The van der Waals surface area contributed by atoms with Gasteiger partial charge < -0.3 is 10.5 Å². The first kappa shape index (κ1) is 18.6. The van der Waals surface area contributed by atoms with Crippen LogP contribution in [0, 0.1) is 0 Å². The van der Waals surface area contributed by atoms with Crippen molar-refractivity contribution in [2.75, 3.05) is 13.2 Å². The molecular formula is C16H14ClN3O4S. The van der Waals surface area contributed by atoms with E-state index in [1.807, 2.05) is 0 Å². The van der Waals surface area contributed by atoms with Gasteiger partial charge in [-0.15, -0.1) is 6.58 Å². The van der Waals surface area contributed by atoms with Crippen LogP contribution >= 0.6 is 23.8 Å². The highest BCUT2D eigenvalue weighted by Gasteiger charge is 2.32. The normalized spacial score (nSPS) is 16.0. The van der Waals surface area contributed by atoms with Crippen molar-refractivity contribution < 1.29 is 19.1 Å². The van der Waals surface area contributed by atoms with Crippen LogP contribution in [0.3, 0.4) is 0 Å². The Balaban J connectivity index is 2.28. The highest BCUT2D eigenvalue weighted by Crippen LogP contribution is 2.27. The minimum atomic E-state index is -0.634. The third-order valence-electron chi connectivity index (χ3n) is 3.13. The Bertz CT molecular complexity index is 807. The van der Waals surface area contributed by atoms with E-state index in [4.69, 9.17) is 34.3 Å². The van der Waals surface area contributed by atoms with Crippen LogP contribution in [-0.2, 0) is 14.4 Å². The molecule has 0 aliphatic carbocycles. The fourth-order valence-electron chi connectivity index (χ4n) is 2.03. The van der Waals surface area contributed by atoms with Gasteiger partial charge >= 0.3 is 0 Å². The minimum Gasteiger partial charge on any atom is -0.482 e. The molecule has 1 heterocycles. The number of ether oxygens (including phenoxy) is 1. The molecule has 130 valence electrons. The van der Waals surface area contributed by atoms with Gasteiger partial charge in [-0.3, -0.25) is 24.6 Å². The summed E-state index contributed by atoms with van der Waals surface area (Å²) >= 11 is 11.0. The number of benzene rings is 1. The lowest BCUT2D eigenvalue weighted by atomic mass is 10.1. The van der Waals surface area contributed by atoms with Crippen LogP contribution in [0.1, 0.15) is 5.56 Å². The average Bonchev–Trinajstić information content (AvgIpc) is 2.54. The van der Waals surface area contributed by atoms with Gasteiger partial charge in [0.25, 0.3) is 17.7 Å². The van der Waals surface area contributed by atoms with E-state index in [-0.39, 0.29) is 34.6 Å². The first-order valence-corrected chi connectivity index (χ1v) is 7.82. The van der Waals surface area contributed by atoms with E-state index >= 15 is 0 Å². The summed E-state index contributed by atoms with van der Waals surface area (Å²) in [5.41, 5.74) is 5.42. The van der Waals surface area contributed by atoms with Crippen LogP contribution in [0.25, 0.3) is 6.08 Å². The van der Waals surface area contributed by atoms with Crippen molar-refractivity contribution in [3.05, 3.63) is 47.0 Å². The molecular weight excluding hydrogens is 366 g/mol. The van der Waals surface area contributed by atoms with Gasteiger partial charge in [0.2, 0.25) is 0 Å². The predicted molar refractivity (Wildman–Crippen MR) is 96.8 cm³/mol. The van der Waals surface area contributed by atoms with Crippen LogP contribution in [0.4, 0.5) is 0 Å². The molecule has 25 heavy (non-hydrogen) atoms. The molecule has 0 bridgehead atoms. The Hall–Kier alpha value is -2.71. The van der Waals surface area contributed by atoms with E-state index in [1.54, 1.807) is 6.07 Å². The van der Waals surface area contributed by atoms with Crippen molar-refractivity contribution in [3.8, 4) is 5.75 Å². The highest BCUT2D eigenvalue weighted by atomic mass is 35.5. The zero-order chi connectivity index (χ0) is 18.6. The number of nitrogens with two attached hydrogens (primary N) is 1. The molecule has 0 spiro atoms. The molecule has 0 atom stereocenters. The van der Waals surface area contributed by atoms with Gasteiger partial charge in [-0.1, -0.05) is 23.7 Å². The van der Waals surface area contributed by atoms with Gasteiger partial charge in [0.05, 0.1) is 5.02 Å². The van der Waals surface area contributed by atoms with Gasteiger partial charge in [-0.2, -0.15) is 0 Å². The molecule has 1 fully saturated rings. The van der Waals surface area contributed by atoms with Gasteiger partial charge in [0, 0.05) is 6.54 Å². The summed E-state index contributed by atoms with van der Waals surface area (Å²) in [5, 5.41) is 2.68. The molecule has 1 aromatic rings. The van der Waals surface area contributed by atoms with Crippen molar-refractivity contribution in [2.45, 2.75) is 0 Å². The summed E-state index contributed by atoms with van der Waals surface area (Å²) in [4.78, 5) is 36.4. The molecule has 0 aromatic heterocycles. The number of hydrogen-bond donors (Lipinski definition) is 2. The first-order valence-electron chi connectivity index (χ1n) is 7.04. The number of primary amides is 1. The lowest BCUT2D eigenvalue weighted by Crippen LogP contribution is -2.53. The second kappa shape index (κ2) is 7.91. The average molecular weight is 380 g/mol. The van der Waals surface area contributed by atoms with E-state index in [0.29, 0.717) is 5.56 Å². The SMILES string of the molecule is C=CCN1C(=O)C(=Cc2ccc(OCC(N)=O)c(Cl)c2)C(=O)NC1=S. The molecule has 1 aliphatic heterocycles. The summed E-state index contributed by atoms with van der Waals surface area (Å²) < 4.78 is 5.14. The fraction of sp³-hybridized carbons (Fsp3) is 0.125. The molecule has 3 amide bonds. The van der Waals surface area contributed by atoms with Crippen molar-refractivity contribution in [3.63, 3.8) is 0 Å². The minimum absolute atomic E-state index is 0.0280. The molecule has 0 saturated carbocycles. The molecule has 1 saturated heterocycles. The monoisotopic (exact) mass is 379 g/mol. The maximum Gasteiger partial charge on any atom is 0.265 e. The Morgan fingerprint density at radius 1 is 1.44 bits per heavy atom. The lowest BCUT2D eigenvalue weighted by molar-refractivity contribution is -0.128. The van der Waals surface area contributed by atoms with Gasteiger partial charge in [0.15, 0.2) is 11.7 Å². The van der Waals surface area contributed by atoms with Crippen LogP contribution in [0.2, 0.25) is 5.02 Å². The zero-order valence-electron chi connectivity index (χ0n) is 13.0. The van der Waals surface area contributed by atoms with E-state index < -0.39 is 17.7 Å². The standard InChI is InChI=1S/C16H14ClN3O4S/c1-2-5-20-15(23)10(14(22)19-16(20)25)6-9-3-4-12(11(17)7-9)24-8-13(18)21/h2-4,6-7H,1,5,8H2,(H2,18,21)(H,19,22,25). The lowest BCUT2D eigenvalue weighted by Gasteiger charge is -2.27. The second-order valence-corrected chi connectivity index (χ2v) is 5.76. The summed E-state index contributed by atoms with van der Waals surface area (Å²) in [6.07, 6.45) is 2.89. The van der Waals surface area contributed by atoms with Crippen molar-refractivity contribution in [1.29, 1.82) is 0 Å². The highest BCUT2D eigenvalue weighted by molar-refractivity contribution is 7.80. The smallest absolute Gasteiger partial charge is 0.265 e. The maximum absolute atomic E-state index is 12.4. The van der Waals surface area contributed by atoms with Crippen molar-refractivity contribution in [1.82, 2.24) is 10.2 Å². The van der Waals surface area contributed by atoms with E-state index in [1.165, 1.54) is 29.2 Å². The molecule has 1 aromatic carbocycles. The Kier molecular flexibility index (Phi) is 5.89. The number of carbonyl (C=O) groups is 3. The molecule has 0 unspecified atom stereocenters. The number of nitrogens with one attached hydrogen (secondary N) is 1. The largest absolute Gasteiger partial charge is 0.482 e. The van der Waals surface area contributed by atoms with Gasteiger partial charge in [-0.25, -0.2) is 0 Å².